The van der Waals surface area contributed by atoms with Crippen molar-refractivity contribution in [1.82, 2.24) is 19.9 Å². The zero-order valence-electron chi connectivity index (χ0n) is 22.7. The molecule has 1 saturated heterocycles. The summed E-state index contributed by atoms with van der Waals surface area (Å²) >= 11 is 0. The number of rotatable bonds is 8. The van der Waals surface area contributed by atoms with Crippen LogP contribution in [-0.2, 0) is 6.42 Å². The first-order valence-electron chi connectivity index (χ1n) is 14.3. The van der Waals surface area contributed by atoms with Gasteiger partial charge in [0.25, 0.3) is 5.56 Å². The van der Waals surface area contributed by atoms with Crippen molar-refractivity contribution < 1.29 is 4.74 Å². The number of anilines is 1. The number of nitrogens with zero attached hydrogens (tertiary/aromatic N) is 4. The van der Waals surface area contributed by atoms with Gasteiger partial charge in [0.1, 0.15) is 11.4 Å². The van der Waals surface area contributed by atoms with Crippen molar-refractivity contribution in [2.24, 2.45) is 0 Å². The lowest BCUT2D eigenvalue weighted by Crippen LogP contribution is -2.43. The first kappa shape index (κ1) is 25.6. The lowest BCUT2D eigenvalue weighted by atomic mass is 10.0. The van der Waals surface area contributed by atoms with E-state index in [4.69, 9.17) is 14.7 Å². The second kappa shape index (κ2) is 11.6. The van der Waals surface area contributed by atoms with Crippen LogP contribution in [-0.4, -0.2) is 47.3 Å². The molecule has 0 amide bonds. The molecule has 1 aliphatic carbocycles. The highest BCUT2D eigenvalue weighted by atomic mass is 16.5. The van der Waals surface area contributed by atoms with E-state index in [2.05, 4.69) is 40.5 Å². The van der Waals surface area contributed by atoms with E-state index in [1.165, 1.54) is 5.56 Å². The Morgan fingerprint density at radius 3 is 2.44 bits per heavy atom. The Morgan fingerprint density at radius 1 is 0.974 bits per heavy atom. The molecular weight excluding hydrogens is 486 g/mol. The molecule has 0 spiro atoms. The summed E-state index contributed by atoms with van der Waals surface area (Å²) in [4.78, 5) is 25.7. The van der Waals surface area contributed by atoms with E-state index in [-0.39, 0.29) is 11.6 Å². The summed E-state index contributed by atoms with van der Waals surface area (Å²) in [6.45, 7) is 2.80. The average molecular weight is 524 g/mol. The topological polar surface area (TPSA) is 72.3 Å². The SMILES string of the molecule is COc1ccc(-c2cc(=O)n(C3CCCC3)c3nc(N4CCC(NCCc5ccccc5)CC4)ncc23)cc1. The fourth-order valence-electron chi connectivity index (χ4n) is 6.14. The maximum Gasteiger partial charge on any atom is 0.253 e. The average Bonchev–Trinajstić information content (AvgIpc) is 3.52. The number of nitrogens with one attached hydrogen (secondary N) is 1. The molecule has 2 aliphatic rings. The molecule has 39 heavy (non-hydrogen) atoms. The van der Waals surface area contributed by atoms with Crippen LogP contribution in [0.5, 0.6) is 5.75 Å². The summed E-state index contributed by atoms with van der Waals surface area (Å²) in [7, 11) is 1.66. The lowest BCUT2D eigenvalue weighted by molar-refractivity contribution is 0.415. The van der Waals surface area contributed by atoms with Crippen LogP contribution in [0.25, 0.3) is 22.2 Å². The van der Waals surface area contributed by atoms with Crippen molar-refractivity contribution in [2.75, 3.05) is 31.6 Å². The number of fused-ring (bicyclic) bond motifs is 1. The summed E-state index contributed by atoms with van der Waals surface area (Å²) in [6, 6.07) is 21.0. The Labute approximate surface area is 229 Å². The molecule has 7 heteroatoms. The standard InChI is InChI=1S/C32H37N5O2/c1-39-27-13-11-24(12-14-27)28-21-30(38)37(26-9-5-6-10-26)31-29(28)22-34-32(35-31)36-19-16-25(17-20-36)33-18-15-23-7-3-2-4-8-23/h2-4,7-8,11-14,21-22,25-26,33H,5-6,9-10,15-20H2,1H3. The number of aromatic nitrogens is 3. The fraction of sp³-hybridized carbons (Fsp3) is 0.406. The van der Waals surface area contributed by atoms with E-state index in [1.54, 1.807) is 13.2 Å². The van der Waals surface area contributed by atoms with E-state index < -0.39 is 0 Å². The van der Waals surface area contributed by atoms with Crippen LogP contribution in [0.4, 0.5) is 5.95 Å². The van der Waals surface area contributed by atoms with Crippen LogP contribution in [0.3, 0.4) is 0 Å². The minimum Gasteiger partial charge on any atom is -0.497 e. The molecule has 0 atom stereocenters. The zero-order valence-corrected chi connectivity index (χ0v) is 22.7. The molecule has 2 aromatic heterocycles. The van der Waals surface area contributed by atoms with Crippen molar-refractivity contribution in [3.05, 3.63) is 82.8 Å². The highest BCUT2D eigenvalue weighted by molar-refractivity contribution is 5.92. The second-order valence-electron chi connectivity index (χ2n) is 10.8. The van der Waals surface area contributed by atoms with Gasteiger partial charge in [-0.15, -0.1) is 0 Å². The number of ether oxygens (including phenoxy) is 1. The first-order chi connectivity index (χ1) is 19.2. The number of hydrogen-bond donors (Lipinski definition) is 1. The zero-order chi connectivity index (χ0) is 26.6. The molecule has 202 valence electrons. The number of benzene rings is 2. The van der Waals surface area contributed by atoms with Crippen LogP contribution in [0.1, 0.15) is 50.1 Å². The van der Waals surface area contributed by atoms with Gasteiger partial charge in [0, 0.05) is 42.8 Å². The lowest BCUT2D eigenvalue weighted by Gasteiger charge is -2.32. The largest absolute Gasteiger partial charge is 0.497 e. The molecule has 1 N–H and O–H groups in total. The summed E-state index contributed by atoms with van der Waals surface area (Å²) in [5.74, 6) is 1.52. The molecule has 7 nitrogen and oxygen atoms in total. The van der Waals surface area contributed by atoms with Crippen LogP contribution in [0, 0.1) is 0 Å². The van der Waals surface area contributed by atoms with Crippen molar-refractivity contribution >= 4 is 17.0 Å². The van der Waals surface area contributed by atoms with Gasteiger partial charge in [0.2, 0.25) is 5.95 Å². The quantitative estimate of drug-likeness (QED) is 0.334. The smallest absolute Gasteiger partial charge is 0.253 e. The molecule has 0 bridgehead atoms. The molecular formula is C32H37N5O2. The third kappa shape index (κ3) is 5.55. The van der Waals surface area contributed by atoms with Gasteiger partial charge in [-0.1, -0.05) is 55.3 Å². The van der Waals surface area contributed by atoms with Crippen LogP contribution in [0.2, 0.25) is 0 Å². The molecule has 2 fully saturated rings. The Kier molecular flexibility index (Phi) is 7.59. The minimum atomic E-state index is 0.0196. The van der Waals surface area contributed by atoms with Crippen molar-refractivity contribution in [3.63, 3.8) is 0 Å². The summed E-state index contributed by atoms with van der Waals surface area (Å²) in [5.41, 5.74) is 3.99. The van der Waals surface area contributed by atoms with Gasteiger partial charge in [-0.25, -0.2) is 4.98 Å². The highest BCUT2D eigenvalue weighted by Gasteiger charge is 2.25. The molecule has 0 unspecified atom stereocenters. The number of hydrogen-bond acceptors (Lipinski definition) is 6. The van der Waals surface area contributed by atoms with E-state index in [1.807, 2.05) is 35.0 Å². The Hall–Kier alpha value is -3.71. The molecule has 4 aromatic rings. The predicted octanol–water partition coefficient (Wildman–Crippen LogP) is 5.38. The molecule has 1 aliphatic heterocycles. The van der Waals surface area contributed by atoms with Crippen molar-refractivity contribution in [1.29, 1.82) is 0 Å². The van der Waals surface area contributed by atoms with E-state index in [0.717, 1.165) is 98.4 Å². The van der Waals surface area contributed by atoms with Crippen LogP contribution >= 0.6 is 0 Å². The Bertz CT molecular complexity index is 1450. The Balaban J connectivity index is 1.24. The van der Waals surface area contributed by atoms with Crippen LogP contribution < -0.4 is 20.5 Å². The summed E-state index contributed by atoms with van der Waals surface area (Å²) in [6.07, 6.45) is 9.43. The summed E-state index contributed by atoms with van der Waals surface area (Å²) < 4.78 is 7.28. The molecule has 3 heterocycles. The number of methoxy groups -OCH3 is 1. The van der Waals surface area contributed by atoms with Crippen LogP contribution in [0.15, 0.2) is 71.7 Å². The number of pyridine rings is 1. The van der Waals surface area contributed by atoms with Gasteiger partial charge in [-0.05, 0) is 67.5 Å². The van der Waals surface area contributed by atoms with Gasteiger partial charge in [-0.3, -0.25) is 9.36 Å². The minimum absolute atomic E-state index is 0.0196. The third-order valence-corrected chi connectivity index (χ3v) is 8.34. The first-order valence-corrected chi connectivity index (χ1v) is 14.3. The van der Waals surface area contributed by atoms with Gasteiger partial charge in [0.05, 0.1) is 7.11 Å². The second-order valence-corrected chi connectivity index (χ2v) is 10.8. The predicted molar refractivity (Wildman–Crippen MR) is 157 cm³/mol. The van der Waals surface area contributed by atoms with Crippen molar-refractivity contribution in [2.45, 2.75) is 57.0 Å². The Morgan fingerprint density at radius 2 is 1.72 bits per heavy atom. The van der Waals surface area contributed by atoms with E-state index in [0.29, 0.717) is 6.04 Å². The molecule has 1 saturated carbocycles. The fourth-order valence-corrected chi connectivity index (χ4v) is 6.14. The van der Waals surface area contributed by atoms with Gasteiger partial charge in [-0.2, -0.15) is 4.98 Å². The third-order valence-electron chi connectivity index (χ3n) is 8.34. The van der Waals surface area contributed by atoms with Crippen molar-refractivity contribution in [3.8, 4) is 16.9 Å². The maximum absolute atomic E-state index is 13.5. The van der Waals surface area contributed by atoms with Gasteiger partial charge in [0.15, 0.2) is 0 Å². The van der Waals surface area contributed by atoms with E-state index >= 15 is 0 Å². The normalized spacial score (nSPS) is 16.7. The molecule has 6 rings (SSSR count). The van der Waals surface area contributed by atoms with Gasteiger partial charge < -0.3 is 15.0 Å². The van der Waals surface area contributed by atoms with Gasteiger partial charge >= 0.3 is 0 Å². The summed E-state index contributed by atoms with van der Waals surface area (Å²) in [5, 5.41) is 4.66. The van der Waals surface area contributed by atoms with E-state index in [9.17, 15) is 4.79 Å². The molecule has 0 radical (unpaired) electrons. The molecule has 2 aromatic carbocycles. The monoisotopic (exact) mass is 523 g/mol. The number of piperidine rings is 1. The maximum atomic E-state index is 13.5. The highest BCUT2D eigenvalue weighted by Crippen LogP contribution is 2.34.